The van der Waals surface area contributed by atoms with Gasteiger partial charge in [-0.1, -0.05) is 17.7 Å². The minimum Gasteiger partial charge on any atom is -0.492 e. The molecule has 9 heteroatoms. The van der Waals surface area contributed by atoms with Crippen LogP contribution in [0.2, 0.25) is 0 Å². The minimum absolute atomic E-state index is 0.196. The number of aryl methyl sites for hydroxylation is 1. The molecule has 0 bridgehead atoms. The summed E-state index contributed by atoms with van der Waals surface area (Å²) in [6.45, 7) is 1.99. The van der Waals surface area contributed by atoms with Crippen molar-refractivity contribution in [3.63, 3.8) is 0 Å². The first-order valence-electron chi connectivity index (χ1n) is 8.62. The van der Waals surface area contributed by atoms with Crippen LogP contribution in [-0.4, -0.2) is 52.4 Å². The van der Waals surface area contributed by atoms with E-state index in [2.05, 4.69) is 5.32 Å². The number of hydrogen-bond donors (Lipinski definition) is 1. The summed E-state index contributed by atoms with van der Waals surface area (Å²) in [6, 6.07) is 12.4. The number of hydrogen-bond acceptors (Lipinski definition) is 4. The number of benzene rings is 2. The van der Waals surface area contributed by atoms with Crippen LogP contribution in [0.25, 0.3) is 0 Å². The van der Waals surface area contributed by atoms with Gasteiger partial charge in [-0.15, -0.1) is 0 Å². The molecule has 0 atom stereocenters. The van der Waals surface area contributed by atoms with Gasteiger partial charge in [0, 0.05) is 14.1 Å². The Hall–Kier alpha value is -2.65. The molecule has 0 aliphatic rings. The molecule has 2 aromatic carbocycles. The first-order chi connectivity index (χ1) is 13.2. The average molecular weight is 409 g/mol. The van der Waals surface area contributed by atoms with Gasteiger partial charge in [-0.25, -0.2) is 8.70 Å². The summed E-state index contributed by atoms with van der Waals surface area (Å²) in [5.41, 5.74) is 1.31. The predicted octanol–water partition coefficient (Wildman–Crippen LogP) is 1.94. The zero-order valence-corrected chi connectivity index (χ0v) is 16.9. The third-order valence-electron chi connectivity index (χ3n) is 3.86. The maximum absolute atomic E-state index is 13.2. The Balaban J connectivity index is 1.96. The van der Waals surface area contributed by atoms with Crippen molar-refractivity contribution in [1.82, 2.24) is 9.62 Å². The number of halogens is 1. The molecule has 0 spiro atoms. The normalized spacial score (nSPS) is 11.3. The molecule has 1 N–H and O–H groups in total. The Morgan fingerprint density at radius 1 is 1.07 bits per heavy atom. The van der Waals surface area contributed by atoms with Gasteiger partial charge in [-0.2, -0.15) is 12.7 Å². The molecule has 2 rings (SSSR count). The first-order valence-corrected chi connectivity index (χ1v) is 10.0. The standard InChI is InChI=1S/C19H24FN3O4S/c1-15-4-10-18(11-5-15)27-13-12-21-19(24)14-23(28(25,26)22(2)3)17-8-6-16(20)7-9-17/h4-11H,12-14H2,1-3H3,(H,21,24). The van der Waals surface area contributed by atoms with E-state index in [0.29, 0.717) is 5.75 Å². The molecule has 0 unspecified atom stereocenters. The van der Waals surface area contributed by atoms with Crippen LogP contribution in [0.5, 0.6) is 5.75 Å². The van der Waals surface area contributed by atoms with Gasteiger partial charge in [0.2, 0.25) is 5.91 Å². The topological polar surface area (TPSA) is 79.0 Å². The maximum Gasteiger partial charge on any atom is 0.304 e. The molecule has 0 aliphatic heterocycles. The number of rotatable bonds is 9. The molecule has 0 heterocycles. The summed E-state index contributed by atoms with van der Waals surface area (Å²) in [5, 5.41) is 2.62. The van der Waals surface area contributed by atoms with Crippen molar-refractivity contribution in [3.8, 4) is 5.75 Å². The minimum atomic E-state index is -3.93. The van der Waals surface area contributed by atoms with Crippen molar-refractivity contribution in [3.05, 3.63) is 59.9 Å². The van der Waals surface area contributed by atoms with Gasteiger partial charge in [-0.05, 0) is 43.3 Å². The highest BCUT2D eigenvalue weighted by atomic mass is 32.2. The quantitative estimate of drug-likeness (QED) is 0.642. The first kappa shape index (κ1) is 21.6. The van der Waals surface area contributed by atoms with E-state index in [1.807, 2.05) is 31.2 Å². The summed E-state index contributed by atoms with van der Waals surface area (Å²) in [6.07, 6.45) is 0. The van der Waals surface area contributed by atoms with Crippen LogP contribution in [0.1, 0.15) is 5.56 Å². The maximum atomic E-state index is 13.2. The third-order valence-corrected chi connectivity index (χ3v) is 5.68. The fourth-order valence-corrected chi connectivity index (χ4v) is 3.35. The Morgan fingerprint density at radius 2 is 1.68 bits per heavy atom. The Morgan fingerprint density at radius 3 is 2.25 bits per heavy atom. The van der Waals surface area contributed by atoms with E-state index in [9.17, 15) is 17.6 Å². The van der Waals surface area contributed by atoms with Crippen LogP contribution < -0.4 is 14.4 Å². The molecule has 0 fully saturated rings. The van der Waals surface area contributed by atoms with E-state index in [1.54, 1.807) is 0 Å². The van der Waals surface area contributed by atoms with Crippen LogP contribution >= 0.6 is 0 Å². The summed E-state index contributed by atoms with van der Waals surface area (Å²) in [7, 11) is -1.20. The Kier molecular flexibility index (Phi) is 7.36. The van der Waals surface area contributed by atoms with Gasteiger partial charge in [0.1, 0.15) is 24.7 Å². The van der Waals surface area contributed by atoms with Gasteiger partial charge in [-0.3, -0.25) is 4.79 Å². The second kappa shape index (κ2) is 9.52. The summed E-state index contributed by atoms with van der Waals surface area (Å²) >= 11 is 0. The third kappa shape index (κ3) is 5.93. The van der Waals surface area contributed by atoms with E-state index < -0.39 is 28.5 Å². The molecular formula is C19H24FN3O4S. The lowest BCUT2D eigenvalue weighted by atomic mass is 10.2. The number of carbonyl (C=O) groups excluding carboxylic acids is 1. The van der Waals surface area contributed by atoms with E-state index >= 15 is 0 Å². The smallest absolute Gasteiger partial charge is 0.304 e. The van der Waals surface area contributed by atoms with Crippen LogP contribution in [0.3, 0.4) is 0 Å². The van der Waals surface area contributed by atoms with Gasteiger partial charge in [0.15, 0.2) is 0 Å². The van der Waals surface area contributed by atoms with Gasteiger partial charge in [0.25, 0.3) is 0 Å². The van der Waals surface area contributed by atoms with Crippen molar-refractivity contribution in [2.24, 2.45) is 0 Å². The molecule has 152 valence electrons. The van der Waals surface area contributed by atoms with Crippen LogP contribution in [0, 0.1) is 12.7 Å². The zero-order valence-electron chi connectivity index (χ0n) is 16.1. The summed E-state index contributed by atoms with van der Waals surface area (Å²) in [5.74, 6) is -0.311. The fourth-order valence-electron chi connectivity index (χ4n) is 2.29. The highest BCUT2D eigenvalue weighted by Gasteiger charge is 2.27. The zero-order chi connectivity index (χ0) is 20.7. The number of anilines is 1. The van der Waals surface area contributed by atoms with Crippen molar-refractivity contribution < 1.29 is 22.3 Å². The van der Waals surface area contributed by atoms with E-state index in [-0.39, 0.29) is 18.8 Å². The van der Waals surface area contributed by atoms with Crippen molar-refractivity contribution in [1.29, 1.82) is 0 Å². The predicted molar refractivity (Wildman–Crippen MR) is 106 cm³/mol. The molecule has 0 saturated carbocycles. The van der Waals surface area contributed by atoms with Gasteiger partial charge >= 0.3 is 10.2 Å². The lowest BCUT2D eigenvalue weighted by Gasteiger charge is -2.26. The van der Waals surface area contributed by atoms with E-state index in [4.69, 9.17) is 4.74 Å². The lowest BCUT2D eigenvalue weighted by Crippen LogP contribution is -2.46. The van der Waals surface area contributed by atoms with Crippen LogP contribution in [0.15, 0.2) is 48.5 Å². The number of amides is 1. The monoisotopic (exact) mass is 409 g/mol. The SMILES string of the molecule is Cc1ccc(OCCNC(=O)CN(c2ccc(F)cc2)S(=O)(=O)N(C)C)cc1. The van der Waals surface area contributed by atoms with Crippen molar-refractivity contribution >= 4 is 21.8 Å². The molecule has 0 aliphatic carbocycles. The average Bonchev–Trinajstić information content (AvgIpc) is 2.65. The molecular weight excluding hydrogens is 385 g/mol. The highest BCUT2D eigenvalue weighted by molar-refractivity contribution is 7.90. The number of nitrogens with zero attached hydrogens (tertiary/aromatic N) is 2. The van der Waals surface area contributed by atoms with Crippen molar-refractivity contribution in [2.75, 3.05) is 38.1 Å². The molecule has 1 amide bonds. The van der Waals surface area contributed by atoms with E-state index in [1.165, 1.54) is 26.2 Å². The molecule has 28 heavy (non-hydrogen) atoms. The largest absolute Gasteiger partial charge is 0.492 e. The van der Waals surface area contributed by atoms with E-state index in [0.717, 1.165) is 26.3 Å². The second-order valence-corrected chi connectivity index (χ2v) is 8.35. The van der Waals surface area contributed by atoms with Gasteiger partial charge < -0.3 is 10.1 Å². The molecule has 2 aromatic rings. The van der Waals surface area contributed by atoms with Gasteiger partial charge in [0.05, 0.1) is 12.2 Å². The lowest BCUT2D eigenvalue weighted by molar-refractivity contribution is -0.119. The molecule has 0 saturated heterocycles. The number of nitrogens with one attached hydrogen (secondary N) is 1. The van der Waals surface area contributed by atoms with Crippen LogP contribution in [0.4, 0.5) is 10.1 Å². The summed E-state index contributed by atoms with van der Waals surface area (Å²) in [4.78, 5) is 12.3. The molecule has 7 nitrogen and oxygen atoms in total. The highest BCUT2D eigenvalue weighted by Crippen LogP contribution is 2.19. The van der Waals surface area contributed by atoms with Crippen molar-refractivity contribution in [2.45, 2.75) is 6.92 Å². The number of ether oxygens (including phenoxy) is 1. The molecule has 0 aromatic heterocycles. The molecule has 0 radical (unpaired) electrons. The fraction of sp³-hybridized carbons (Fsp3) is 0.316. The Bertz CT molecular complexity index is 884. The number of carbonyl (C=O) groups is 1. The van der Waals surface area contributed by atoms with Crippen LogP contribution in [-0.2, 0) is 15.0 Å². The second-order valence-electron chi connectivity index (χ2n) is 6.28. The summed E-state index contributed by atoms with van der Waals surface area (Å²) < 4.78 is 45.7. The Labute approximate surface area is 164 Å².